The van der Waals surface area contributed by atoms with Crippen molar-refractivity contribution in [3.05, 3.63) is 48.7 Å². The Morgan fingerprint density at radius 1 is 1.20 bits per heavy atom. The maximum Gasteiger partial charge on any atom is 0.147 e. The quantitative estimate of drug-likeness (QED) is 0.716. The van der Waals surface area contributed by atoms with Gasteiger partial charge in [0.25, 0.3) is 0 Å². The van der Waals surface area contributed by atoms with Crippen molar-refractivity contribution in [1.29, 1.82) is 0 Å². The number of anilines is 1. The molecule has 6 nitrogen and oxygen atoms in total. The Morgan fingerprint density at radius 3 is 2.96 bits per heavy atom. The largest absolute Gasteiger partial charge is 0.383 e. The molecule has 130 valence electrons. The lowest BCUT2D eigenvalue weighted by atomic mass is 9.97. The van der Waals surface area contributed by atoms with Crippen LogP contribution in [0.2, 0.25) is 0 Å². The lowest BCUT2D eigenvalue weighted by Crippen LogP contribution is -2.36. The van der Waals surface area contributed by atoms with E-state index in [9.17, 15) is 0 Å². The molecule has 3 aromatic rings. The predicted octanol–water partition coefficient (Wildman–Crippen LogP) is 2.86. The molecular weight excluding hydrogens is 314 g/mol. The topological polar surface area (TPSA) is 56.1 Å². The van der Waals surface area contributed by atoms with E-state index in [1.165, 1.54) is 0 Å². The molecule has 2 aromatic heterocycles. The average molecular weight is 337 g/mol. The number of hydrogen-bond acceptors (Lipinski definition) is 5. The van der Waals surface area contributed by atoms with Crippen LogP contribution in [0, 0.1) is 0 Å². The molecular formula is C19H23N5O. The van der Waals surface area contributed by atoms with E-state index in [2.05, 4.69) is 19.4 Å². The summed E-state index contributed by atoms with van der Waals surface area (Å²) in [5.41, 5.74) is 1.89. The van der Waals surface area contributed by atoms with Crippen LogP contribution in [0.3, 0.4) is 0 Å². The van der Waals surface area contributed by atoms with Crippen LogP contribution in [0.25, 0.3) is 11.0 Å². The molecule has 0 bridgehead atoms. The normalized spacial score (nSPS) is 18.0. The number of fused-ring (bicyclic) bond motifs is 1. The van der Waals surface area contributed by atoms with Gasteiger partial charge in [-0.3, -0.25) is 4.98 Å². The lowest BCUT2D eigenvalue weighted by molar-refractivity contribution is 0.185. The highest BCUT2D eigenvalue weighted by molar-refractivity contribution is 5.75. The van der Waals surface area contributed by atoms with Gasteiger partial charge in [-0.1, -0.05) is 12.1 Å². The van der Waals surface area contributed by atoms with Crippen molar-refractivity contribution in [1.82, 2.24) is 19.5 Å². The number of aromatic nitrogens is 4. The molecule has 0 saturated carbocycles. The van der Waals surface area contributed by atoms with Crippen molar-refractivity contribution in [2.45, 2.75) is 25.3 Å². The number of ether oxygens (including phenoxy) is 1. The molecule has 1 saturated heterocycles. The van der Waals surface area contributed by atoms with Crippen LogP contribution in [0.1, 0.15) is 24.6 Å². The van der Waals surface area contributed by atoms with Crippen molar-refractivity contribution in [2.24, 2.45) is 0 Å². The maximum atomic E-state index is 5.21. The number of imidazole rings is 1. The van der Waals surface area contributed by atoms with Crippen LogP contribution in [-0.4, -0.2) is 46.3 Å². The summed E-state index contributed by atoms with van der Waals surface area (Å²) in [6.45, 7) is 3.49. The summed E-state index contributed by atoms with van der Waals surface area (Å²) >= 11 is 0. The van der Waals surface area contributed by atoms with Gasteiger partial charge in [-0.2, -0.15) is 0 Å². The highest BCUT2D eigenvalue weighted by Crippen LogP contribution is 2.28. The average Bonchev–Trinajstić information content (AvgIpc) is 3.14. The Balaban J connectivity index is 1.55. The van der Waals surface area contributed by atoms with Gasteiger partial charge in [-0.05, 0) is 25.0 Å². The SMILES string of the molecule is COCCn1ccnc1[C@@H]1CCCN(c2cnc3ccccc3n2)C1. The molecule has 6 heteroatoms. The van der Waals surface area contributed by atoms with Crippen molar-refractivity contribution in [3.63, 3.8) is 0 Å². The van der Waals surface area contributed by atoms with Crippen molar-refractivity contribution >= 4 is 16.9 Å². The van der Waals surface area contributed by atoms with Gasteiger partial charge in [0.1, 0.15) is 11.6 Å². The molecule has 0 unspecified atom stereocenters. The molecule has 4 rings (SSSR count). The summed E-state index contributed by atoms with van der Waals surface area (Å²) in [6.07, 6.45) is 8.11. The third kappa shape index (κ3) is 3.35. The fourth-order valence-electron chi connectivity index (χ4n) is 3.56. The molecule has 0 radical (unpaired) electrons. The number of para-hydroxylation sites is 2. The number of hydrogen-bond donors (Lipinski definition) is 0. The fraction of sp³-hybridized carbons (Fsp3) is 0.421. The van der Waals surface area contributed by atoms with Crippen molar-refractivity contribution in [2.75, 3.05) is 31.7 Å². The molecule has 1 fully saturated rings. The van der Waals surface area contributed by atoms with Gasteiger partial charge < -0.3 is 14.2 Å². The van der Waals surface area contributed by atoms with E-state index in [4.69, 9.17) is 9.72 Å². The Hall–Kier alpha value is -2.47. The van der Waals surface area contributed by atoms with Gasteiger partial charge in [-0.15, -0.1) is 0 Å². The van der Waals surface area contributed by atoms with Crippen LogP contribution in [0.15, 0.2) is 42.9 Å². The first-order valence-corrected chi connectivity index (χ1v) is 8.82. The summed E-state index contributed by atoms with van der Waals surface area (Å²) in [4.78, 5) is 16.3. The predicted molar refractivity (Wildman–Crippen MR) is 97.8 cm³/mol. The molecule has 0 amide bonds. The molecule has 25 heavy (non-hydrogen) atoms. The maximum absolute atomic E-state index is 5.21. The van der Waals surface area contributed by atoms with Gasteiger partial charge >= 0.3 is 0 Å². The van der Waals surface area contributed by atoms with Crippen LogP contribution >= 0.6 is 0 Å². The molecule has 0 aliphatic carbocycles. The molecule has 1 aromatic carbocycles. The van der Waals surface area contributed by atoms with Gasteiger partial charge in [-0.25, -0.2) is 9.97 Å². The first-order chi connectivity index (χ1) is 12.3. The molecule has 1 aliphatic heterocycles. The van der Waals surface area contributed by atoms with E-state index in [0.717, 1.165) is 55.2 Å². The molecule has 0 N–H and O–H groups in total. The van der Waals surface area contributed by atoms with Crippen LogP contribution < -0.4 is 4.90 Å². The number of nitrogens with zero attached hydrogens (tertiary/aromatic N) is 5. The minimum absolute atomic E-state index is 0.411. The molecule has 1 atom stereocenters. The lowest BCUT2D eigenvalue weighted by Gasteiger charge is -2.33. The molecule has 3 heterocycles. The fourth-order valence-corrected chi connectivity index (χ4v) is 3.56. The minimum Gasteiger partial charge on any atom is -0.383 e. The van der Waals surface area contributed by atoms with Crippen LogP contribution in [0.5, 0.6) is 0 Å². The standard InChI is InChI=1S/C19H23N5O/c1-25-12-11-23-10-8-20-19(23)15-5-4-9-24(14-15)18-13-21-16-6-2-3-7-17(16)22-18/h2-3,6-8,10,13,15H,4-5,9,11-12,14H2,1H3/t15-/m1/s1. The Kier molecular flexibility index (Phi) is 4.61. The smallest absolute Gasteiger partial charge is 0.147 e. The molecule has 1 aliphatic rings. The van der Waals surface area contributed by atoms with E-state index < -0.39 is 0 Å². The van der Waals surface area contributed by atoms with E-state index in [0.29, 0.717) is 12.5 Å². The Bertz CT molecular complexity index is 846. The van der Waals surface area contributed by atoms with Gasteiger partial charge in [0.05, 0.1) is 23.8 Å². The van der Waals surface area contributed by atoms with Gasteiger partial charge in [0, 0.05) is 45.1 Å². The number of rotatable bonds is 5. The summed E-state index contributed by atoms with van der Waals surface area (Å²) in [5.74, 6) is 2.52. The Labute approximate surface area is 147 Å². The first-order valence-electron chi connectivity index (χ1n) is 8.82. The van der Waals surface area contributed by atoms with Crippen LogP contribution in [-0.2, 0) is 11.3 Å². The van der Waals surface area contributed by atoms with Crippen molar-refractivity contribution in [3.8, 4) is 0 Å². The summed E-state index contributed by atoms with van der Waals surface area (Å²) in [7, 11) is 1.73. The third-order valence-electron chi connectivity index (χ3n) is 4.83. The second-order valence-corrected chi connectivity index (χ2v) is 6.47. The van der Waals surface area contributed by atoms with E-state index in [1.807, 2.05) is 42.9 Å². The van der Waals surface area contributed by atoms with Crippen molar-refractivity contribution < 1.29 is 4.74 Å². The van der Waals surface area contributed by atoms with E-state index in [1.54, 1.807) is 7.11 Å². The zero-order chi connectivity index (χ0) is 17.1. The third-order valence-corrected chi connectivity index (χ3v) is 4.83. The van der Waals surface area contributed by atoms with E-state index >= 15 is 0 Å². The number of methoxy groups -OCH3 is 1. The zero-order valence-electron chi connectivity index (χ0n) is 14.5. The van der Waals surface area contributed by atoms with Gasteiger partial charge in [0.2, 0.25) is 0 Å². The highest BCUT2D eigenvalue weighted by atomic mass is 16.5. The zero-order valence-corrected chi connectivity index (χ0v) is 14.5. The summed E-state index contributed by atoms with van der Waals surface area (Å²) < 4.78 is 7.42. The van der Waals surface area contributed by atoms with Gasteiger partial charge in [0.15, 0.2) is 0 Å². The molecule has 0 spiro atoms. The monoisotopic (exact) mass is 337 g/mol. The Morgan fingerprint density at radius 2 is 2.08 bits per heavy atom. The second kappa shape index (κ2) is 7.19. The number of benzene rings is 1. The van der Waals surface area contributed by atoms with E-state index in [-0.39, 0.29) is 0 Å². The van der Waals surface area contributed by atoms with Crippen LogP contribution in [0.4, 0.5) is 5.82 Å². The second-order valence-electron chi connectivity index (χ2n) is 6.47. The summed E-state index contributed by atoms with van der Waals surface area (Å²) in [5, 5.41) is 0. The summed E-state index contributed by atoms with van der Waals surface area (Å²) in [6, 6.07) is 8.02. The number of piperidine rings is 1. The first kappa shape index (κ1) is 16.0. The highest BCUT2D eigenvalue weighted by Gasteiger charge is 2.25. The minimum atomic E-state index is 0.411.